The van der Waals surface area contributed by atoms with E-state index in [0.717, 1.165) is 25.7 Å². The van der Waals surface area contributed by atoms with Crippen LogP contribution in [0.5, 0.6) is 11.5 Å². The molecule has 3 aromatic rings. The van der Waals surface area contributed by atoms with Crippen molar-refractivity contribution in [3.63, 3.8) is 0 Å². The first-order valence-corrected chi connectivity index (χ1v) is 10.6. The number of hydrogen-bond donors (Lipinski definition) is 0. The highest BCUT2D eigenvalue weighted by Crippen LogP contribution is 2.31. The molecular formula is C26H27F3O2. The van der Waals surface area contributed by atoms with Crippen LogP contribution in [0.3, 0.4) is 0 Å². The third-order valence-corrected chi connectivity index (χ3v) is 5.11. The Balaban J connectivity index is 1.63. The third-order valence-electron chi connectivity index (χ3n) is 5.11. The number of benzene rings is 3. The molecule has 0 aliphatic rings. The summed E-state index contributed by atoms with van der Waals surface area (Å²) in [7, 11) is 0. The second kappa shape index (κ2) is 10.9. The van der Waals surface area contributed by atoms with E-state index in [2.05, 4.69) is 6.92 Å². The molecule has 0 unspecified atom stereocenters. The number of hydrogen-bond acceptors (Lipinski definition) is 2. The smallest absolute Gasteiger partial charge is 0.201 e. The Morgan fingerprint density at radius 1 is 0.774 bits per heavy atom. The van der Waals surface area contributed by atoms with E-state index in [1.54, 1.807) is 43.3 Å². The summed E-state index contributed by atoms with van der Waals surface area (Å²) >= 11 is 0. The summed E-state index contributed by atoms with van der Waals surface area (Å²) in [4.78, 5) is 0. The van der Waals surface area contributed by atoms with Gasteiger partial charge in [-0.1, -0.05) is 50.5 Å². The van der Waals surface area contributed by atoms with Crippen molar-refractivity contribution in [2.75, 3.05) is 6.61 Å². The Morgan fingerprint density at radius 3 is 2.26 bits per heavy atom. The molecule has 0 atom stereocenters. The van der Waals surface area contributed by atoms with E-state index in [0.29, 0.717) is 29.0 Å². The highest BCUT2D eigenvalue weighted by Gasteiger charge is 2.16. The minimum Gasteiger partial charge on any atom is -0.490 e. The van der Waals surface area contributed by atoms with Crippen LogP contribution in [-0.4, -0.2) is 6.61 Å². The summed E-state index contributed by atoms with van der Waals surface area (Å²) in [6, 6.07) is 14.6. The fourth-order valence-corrected chi connectivity index (χ4v) is 3.20. The van der Waals surface area contributed by atoms with Crippen molar-refractivity contribution in [1.82, 2.24) is 0 Å². The molecule has 0 bridgehead atoms. The van der Waals surface area contributed by atoms with Crippen molar-refractivity contribution in [3.8, 4) is 22.6 Å². The molecular weight excluding hydrogens is 401 g/mol. The van der Waals surface area contributed by atoms with Crippen LogP contribution in [0.25, 0.3) is 11.1 Å². The average molecular weight is 428 g/mol. The lowest BCUT2D eigenvalue weighted by Crippen LogP contribution is -2.01. The van der Waals surface area contributed by atoms with Gasteiger partial charge in [0.2, 0.25) is 5.82 Å². The summed E-state index contributed by atoms with van der Waals surface area (Å²) in [5, 5.41) is 0. The molecule has 2 nitrogen and oxygen atoms in total. The second-order valence-corrected chi connectivity index (χ2v) is 7.54. The Labute approximate surface area is 181 Å². The van der Waals surface area contributed by atoms with Crippen molar-refractivity contribution in [1.29, 1.82) is 0 Å². The number of unbranched alkanes of at least 4 members (excludes halogenated alkanes) is 3. The van der Waals surface area contributed by atoms with E-state index in [1.807, 2.05) is 0 Å². The Kier molecular flexibility index (Phi) is 7.99. The Hall–Kier alpha value is -2.95. The molecule has 0 fully saturated rings. The van der Waals surface area contributed by atoms with Gasteiger partial charge in [0.05, 0.1) is 6.61 Å². The molecule has 3 aromatic carbocycles. The van der Waals surface area contributed by atoms with Gasteiger partial charge in [-0.15, -0.1) is 0 Å². The highest BCUT2D eigenvalue weighted by molar-refractivity contribution is 5.66. The van der Waals surface area contributed by atoms with E-state index in [-0.39, 0.29) is 23.7 Å². The number of ether oxygens (including phenoxy) is 2. The monoisotopic (exact) mass is 428 g/mol. The summed E-state index contributed by atoms with van der Waals surface area (Å²) in [6.45, 7) is 4.39. The van der Waals surface area contributed by atoms with Gasteiger partial charge in [-0.2, -0.15) is 4.39 Å². The molecule has 0 heterocycles. The topological polar surface area (TPSA) is 18.5 Å². The minimum absolute atomic E-state index is 0.0666. The van der Waals surface area contributed by atoms with Crippen LogP contribution in [0.1, 0.15) is 43.7 Å². The second-order valence-electron chi connectivity index (χ2n) is 7.54. The van der Waals surface area contributed by atoms with E-state index in [9.17, 15) is 13.2 Å². The predicted molar refractivity (Wildman–Crippen MR) is 117 cm³/mol. The van der Waals surface area contributed by atoms with Crippen LogP contribution in [-0.2, 0) is 6.61 Å². The van der Waals surface area contributed by atoms with E-state index in [4.69, 9.17) is 9.47 Å². The molecule has 3 rings (SSSR count). The summed E-state index contributed by atoms with van der Waals surface area (Å²) in [5.41, 5.74) is 1.98. The highest BCUT2D eigenvalue weighted by atomic mass is 19.2. The normalized spacial score (nSPS) is 10.9. The predicted octanol–water partition coefficient (Wildman–Crippen LogP) is 7.62. The van der Waals surface area contributed by atoms with Crippen LogP contribution in [0.15, 0.2) is 54.6 Å². The number of rotatable bonds is 10. The molecule has 0 aromatic heterocycles. The molecule has 0 N–H and O–H groups in total. The average Bonchev–Trinajstić information content (AvgIpc) is 2.78. The summed E-state index contributed by atoms with van der Waals surface area (Å²) < 4.78 is 53.7. The minimum atomic E-state index is -0.977. The zero-order valence-corrected chi connectivity index (χ0v) is 17.9. The van der Waals surface area contributed by atoms with Gasteiger partial charge in [-0.3, -0.25) is 0 Å². The number of aryl methyl sites for hydroxylation is 1. The molecule has 0 aliphatic carbocycles. The first kappa shape index (κ1) is 22.7. The van der Waals surface area contributed by atoms with E-state index < -0.39 is 11.6 Å². The molecule has 0 radical (unpaired) electrons. The first-order chi connectivity index (χ1) is 15.0. The number of halogens is 3. The Bertz CT molecular complexity index is 1000. The Morgan fingerprint density at radius 2 is 1.55 bits per heavy atom. The molecule has 0 aliphatic heterocycles. The van der Waals surface area contributed by atoms with E-state index in [1.165, 1.54) is 18.2 Å². The lowest BCUT2D eigenvalue weighted by atomic mass is 10.0. The lowest BCUT2D eigenvalue weighted by molar-refractivity contribution is 0.285. The maximum atomic E-state index is 14.6. The van der Waals surface area contributed by atoms with Crippen molar-refractivity contribution in [2.24, 2.45) is 0 Å². The maximum absolute atomic E-state index is 14.6. The first-order valence-electron chi connectivity index (χ1n) is 10.6. The van der Waals surface area contributed by atoms with Crippen molar-refractivity contribution in [2.45, 2.75) is 46.1 Å². The molecule has 5 heteroatoms. The van der Waals surface area contributed by atoms with Gasteiger partial charge < -0.3 is 9.47 Å². The van der Waals surface area contributed by atoms with Gasteiger partial charge in [0.15, 0.2) is 11.6 Å². The fraction of sp³-hybridized carbons (Fsp3) is 0.308. The van der Waals surface area contributed by atoms with Crippen molar-refractivity contribution < 1.29 is 22.6 Å². The van der Waals surface area contributed by atoms with Crippen LogP contribution in [0, 0.1) is 24.4 Å². The molecule has 164 valence electrons. The fourth-order valence-electron chi connectivity index (χ4n) is 3.20. The third kappa shape index (κ3) is 6.03. The zero-order valence-electron chi connectivity index (χ0n) is 17.9. The van der Waals surface area contributed by atoms with Crippen LogP contribution in [0.4, 0.5) is 13.2 Å². The summed E-state index contributed by atoms with van der Waals surface area (Å²) in [6.07, 6.45) is 4.02. The van der Waals surface area contributed by atoms with Gasteiger partial charge >= 0.3 is 0 Å². The quantitative estimate of drug-likeness (QED) is 0.309. The lowest BCUT2D eigenvalue weighted by Gasteiger charge is -2.11. The maximum Gasteiger partial charge on any atom is 0.201 e. The van der Waals surface area contributed by atoms with Gasteiger partial charge in [0.1, 0.15) is 18.2 Å². The SMILES string of the molecule is CCCCCCOc1ccc(-c2ccc(OCc3ccc(C)c(F)c3)cc2)c(F)c1F. The molecule has 0 spiro atoms. The van der Waals surface area contributed by atoms with Crippen LogP contribution < -0.4 is 9.47 Å². The van der Waals surface area contributed by atoms with Gasteiger partial charge in [-0.25, -0.2) is 8.78 Å². The van der Waals surface area contributed by atoms with Crippen LogP contribution >= 0.6 is 0 Å². The van der Waals surface area contributed by atoms with E-state index >= 15 is 0 Å². The van der Waals surface area contributed by atoms with Crippen LogP contribution in [0.2, 0.25) is 0 Å². The van der Waals surface area contributed by atoms with Gasteiger partial charge in [0, 0.05) is 5.56 Å². The molecule has 0 saturated heterocycles. The van der Waals surface area contributed by atoms with Gasteiger partial charge in [-0.05, 0) is 60.4 Å². The molecule has 0 amide bonds. The zero-order chi connectivity index (χ0) is 22.2. The van der Waals surface area contributed by atoms with Gasteiger partial charge in [0.25, 0.3) is 0 Å². The van der Waals surface area contributed by atoms with Crippen molar-refractivity contribution in [3.05, 3.63) is 83.2 Å². The standard InChI is InChI=1S/C26H27F3O2/c1-3-4-5-6-15-30-24-14-13-22(25(28)26(24)29)20-9-11-21(12-10-20)31-17-19-8-7-18(2)23(27)16-19/h7-14,16H,3-6,15,17H2,1-2H3. The van der Waals surface area contributed by atoms with Crippen molar-refractivity contribution >= 4 is 0 Å². The largest absolute Gasteiger partial charge is 0.490 e. The molecule has 31 heavy (non-hydrogen) atoms. The molecule has 0 saturated carbocycles. The summed E-state index contributed by atoms with van der Waals surface area (Å²) in [5.74, 6) is -1.70.